The van der Waals surface area contributed by atoms with E-state index in [9.17, 15) is 18.3 Å². The summed E-state index contributed by atoms with van der Waals surface area (Å²) in [6.07, 6.45) is 0.324. The Balaban J connectivity index is 1.91. The van der Waals surface area contributed by atoms with Gasteiger partial charge in [0.25, 0.3) is 0 Å². The molecule has 1 fully saturated rings. The second kappa shape index (κ2) is 7.63. The molecule has 1 saturated heterocycles. The van der Waals surface area contributed by atoms with E-state index in [4.69, 9.17) is 0 Å². The second-order valence-electron chi connectivity index (χ2n) is 6.59. The maximum Gasteiger partial charge on any atom is 0.240 e. The number of benzene rings is 1. The lowest BCUT2D eigenvalue weighted by Gasteiger charge is -2.34. The molecule has 1 amide bonds. The zero-order chi connectivity index (χ0) is 17.9. The number of rotatable bonds is 5. The summed E-state index contributed by atoms with van der Waals surface area (Å²) in [5, 5.41) is 9.70. The summed E-state index contributed by atoms with van der Waals surface area (Å²) < 4.78 is 27.3. The van der Waals surface area contributed by atoms with E-state index in [0.717, 1.165) is 5.56 Å². The Hall–Kier alpha value is -1.44. The van der Waals surface area contributed by atoms with E-state index in [1.165, 1.54) is 0 Å². The first-order valence-corrected chi connectivity index (χ1v) is 9.72. The molecule has 0 spiro atoms. The molecular weight excluding hydrogens is 328 g/mol. The lowest BCUT2D eigenvalue weighted by atomic mass is 9.96. The minimum atomic E-state index is -3.62. The third-order valence-corrected chi connectivity index (χ3v) is 6.08. The molecule has 1 aromatic carbocycles. The van der Waals surface area contributed by atoms with Crippen LogP contribution in [0.15, 0.2) is 23.1 Å². The van der Waals surface area contributed by atoms with Gasteiger partial charge in [-0.15, -0.1) is 0 Å². The molecule has 0 aromatic heterocycles. The smallest absolute Gasteiger partial charge is 0.240 e. The minimum absolute atomic E-state index is 0.0503. The maximum atomic E-state index is 12.4. The van der Waals surface area contributed by atoms with Gasteiger partial charge in [-0.25, -0.2) is 13.1 Å². The molecule has 0 unspecified atom stereocenters. The van der Waals surface area contributed by atoms with Crippen molar-refractivity contribution < 1.29 is 18.3 Å². The number of amides is 1. The third kappa shape index (κ3) is 4.55. The first kappa shape index (κ1) is 18.9. The number of aliphatic hydroxyl groups is 1. The number of carbonyl (C=O) groups is 1. The Labute approximate surface area is 143 Å². The van der Waals surface area contributed by atoms with Crippen LogP contribution in [0.1, 0.15) is 30.9 Å². The summed E-state index contributed by atoms with van der Waals surface area (Å²) in [7, 11) is -3.62. The van der Waals surface area contributed by atoms with Gasteiger partial charge < -0.3 is 10.0 Å². The fourth-order valence-corrected chi connectivity index (χ4v) is 4.24. The number of hydrogen-bond acceptors (Lipinski definition) is 4. The summed E-state index contributed by atoms with van der Waals surface area (Å²) in [6.45, 7) is 6.61. The highest BCUT2D eigenvalue weighted by Gasteiger charge is 2.27. The van der Waals surface area contributed by atoms with Gasteiger partial charge in [0.1, 0.15) is 0 Å². The van der Waals surface area contributed by atoms with Crippen molar-refractivity contribution in [3.05, 3.63) is 29.3 Å². The van der Waals surface area contributed by atoms with Crippen LogP contribution in [0.4, 0.5) is 0 Å². The largest absolute Gasteiger partial charge is 0.393 e. The Bertz CT molecular complexity index is 703. The van der Waals surface area contributed by atoms with Crippen LogP contribution >= 0.6 is 0 Å². The normalized spacial score (nSPS) is 21.8. The zero-order valence-electron chi connectivity index (χ0n) is 14.4. The molecule has 2 N–H and O–H groups in total. The van der Waals surface area contributed by atoms with Crippen molar-refractivity contribution in [2.75, 3.05) is 19.6 Å². The average molecular weight is 354 g/mol. The van der Waals surface area contributed by atoms with Crippen LogP contribution < -0.4 is 4.72 Å². The summed E-state index contributed by atoms with van der Waals surface area (Å²) in [4.78, 5) is 14.2. The topological polar surface area (TPSA) is 86.7 Å². The van der Waals surface area contributed by atoms with E-state index in [0.29, 0.717) is 25.1 Å². The van der Waals surface area contributed by atoms with Crippen molar-refractivity contribution in [3.63, 3.8) is 0 Å². The molecular formula is C17H26N2O4S. The highest BCUT2D eigenvalue weighted by molar-refractivity contribution is 7.89. The van der Waals surface area contributed by atoms with Crippen LogP contribution in [-0.4, -0.2) is 50.1 Å². The first-order chi connectivity index (χ1) is 11.2. The predicted molar refractivity (Wildman–Crippen MR) is 92.1 cm³/mol. The molecule has 6 nitrogen and oxygen atoms in total. The van der Waals surface area contributed by atoms with E-state index >= 15 is 0 Å². The number of nitrogens with one attached hydrogen (secondary N) is 1. The van der Waals surface area contributed by atoms with Crippen molar-refractivity contribution in [2.24, 2.45) is 5.92 Å². The van der Waals surface area contributed by atoms with E-state index in [-0.39, 0.29) is 35.8 Å². The predicted octanol–water partition coefficient (Wildman–Crippen LogP) is 1.20. The van der Waals surface area contributed by atoms with Gasteiger partial charge in [0.05, 0.1) is 11.0 Å². The molecule has 1 aromatic rings. The molecule has 7 heteroatoms. The van der Waals surface area contributed by atoms with E-state index < -0.39 is 10.0 Å². The maximum absolute atomic E-state index is 12.4. The Kier molecular flexibility index (Phi) is 6.01. The van der Waals surface area contributed by atoms with Gasteiger partial charge in [-0.2, -0.15) is 0 Å². The molecule has 2 rings (SSSR count). The molecule has 0 aliphatic carbocycles. The van der Waals surface area contributed by atoms with Crippen molar-refractivity contribution in [1.82, 2.24) is 9.62 Å². The number of carbonyl (C=O) groups excluding carboxylic acids is 1. The average Bonchev–Trinajstić information content (AvgIpc) is 2.52. The number of piperidine rings is 1. The fraction of sp³-hybridized carbons (Fsp3) is 0.588. The molecule has 1 heterocycles. The molecule has 1 aliphatic heterocycles. The monoisotopic (exact) mass is 354 g/mol. The van der Waals surface area contributed by atoms with Gasteiger partial charge in [0.2, 0.25) is 15.9 Å². The van der Waals surface area contributed by atoms with Crippen LogP contribution in [-0.2, 0) is 14.8 Å². The molecule has 24 heavy (non-hydrogen) atoms. The van der Waals surface area contributed by atoms with Gasteiger partial charge >= 0.3 is 0 Å². The number of nitrogens with zero attached hydrogens (tertiary/aromatic N) is 1. The van der Waals surface area contributed by atoms with E-state index in [1.54, 1.807) is 24.0 Å². The molecule has 134 valence electrons. The van der Waals surface area contributed by atoms with Crippen molar-refractivity contribution in [3.8, 4) is 0 Å². The van der Waals surface area contributed by atoms with E-state index in [2.05, 4.69) is 4.72 Å². The minimum Gasteiger partial charge on any atom is -0.393 e. The van der Waals surface area contributed by atoms with Gasteiger partial charge in [0.15, 0.2) is 0 Å². The highest BCUT2D eigenvalue weighted by atomic mass is 32.2. The van der Waals surface area contributed by atoms with Gasteiger partial charge in [-0.05, 0) is 43.4 Å². The number of aryl methyl sites for hydroxylation is 2. The van der Waals surface area contributed by atoms with Crippen LogP contribution in [0.2, 0.25) is 0 Å². The Morgan fingerprint density at radius 1 is 1.38 bits per heavy atom. The first-order valence-electron chi connectivity index (χ1n) is 8.23. The number of likely N-dealkylation sites (tertiary alicyclic amines) is 1. The molecule has 1 aliphatic rings. The summed E-state index contributed by atoms with van der Waals surface area (Å²) in [6, 6.07) is 5.27. The second-order valence-corrected chi connectivity index (χ2v) is 8.33. The lowest BCUT2D eigenvalue weighted by Crippen LogP contribution is -2.45. The van der Waals surface area contributed by atoms with Crippen molar-refractivity contribution >= 4 is 15.9 Å². The molecule has 0 bridgehead atoms. The lowest BCUT2D eigenvalue weighted by molar-refractivity contribution is -0.134. The third-order valence-electron chi connectivity index (χ3n) is 4.48. The van der Waals surface area contributed by atoms with Crippen LogP contribution in [0.25, 0.3) is 0 Å². The fourth-order valence-electron chi connectivity index (χ4n) is 2.88. The summed E-state index contributed by atoms with van der Waals surface area (Å²) in [5.41, 5.74) is 1.55. The van der Waals surface area contributed by atoms with Gasteiger partial charge in [-0.1, -0.05) is 19.1 Å². The Morgan fingerprint density at radius 2 is 2.08 bits per heavy atom. The van der Waals surface area contributed by atoms with Crippen LogP contribution in [0.3, 0.4) is 0 Å². The number of hydrogen-bond donors (Lipinski definition) is 2. The van der Waals surface area contributed by atoms with Gasteiger partial charge in [0, 0.05) is 26.1 Å². The number of sulfonamides is 1. The standard InChI is InChI=1S/C17H26N2O4S/c1-12-4-5-13(2)16(10-12)24(22,23)18-8-6-17(21)19-9-7-15(20)14(3)11-19/h4-5,10,14-15,18,20H,6-9,11H2,1-3H3/t14-,15+/m0/s1. The van der Waals surface area contributed by atoms with Crippen molar-refractivity contribution in [2.45, 2.75) is 44.6 Å². The summed E-state index contributed by atoms with van der Waals surface area (Å²) >= 11 is 0. The quantitative estimate of drug-likeness (QED) is 0.832. The van der Waals surface area contributed by atoms with Gasteiger partial charge in [-0.3, -0.25) is 4.79 Å². The highest BCUT2D eigenvalue weighted by Crippen LogP contribution is 2.18. The number of aliphatic hydroxyl groups excluding tert-OH is 1. The van der Waals surface area contributed by atoms with Crippen molar-refractivity contribution in [1.29, 1.82) is 0 Å². The SMILES string of the molecule is Cc1ccc(C)c(S(=O)(=O)NCCC(=O)N2CC[C@@H](O)[C@@H](C)C2)c1. The Morgan fingerprint density at radius 3 is 2.75 bits per heavy atom. The van der Waals surface area contributed by atoms with E-state index in [1.807, 2.05) is 19.9 Å². The van der Waals surface area contributed by atoms with Crippen LogP contribution in [0.5, 0.6) is 0 Å². The zero-order valence-corrected chi connectivity index (χ0v) is 15.3. The summed E-state index contributed by atoms with van der Waals surface area (Å²) in [5.74, 6) is -0.0354. The molecule has 2 atom stereocenters. The molecule has 0 radical (unpaired) electrons. The van der Waals surface area contributed by atoms with Crippen LogP contribution in [0, 0.1) is 19.8 Å². The molecule has 0 saturated carbocycles.